The van der Waals surface area contributed by atoms with Crippen LogP contribution in [-0.2, 0) is 14.2 Å². The van der Waals surface area contributed by atoms with Crippen molar-refractivity contribution in [3.05, 3.63) is 0 Å². The van der Waals surface area contributed by atoms with Crippen LogP contribution in [0.25, 0.3) is 0 Å². The molecule has 0 aliphatic heterocycles. The van der Waals surface area contributed by atoms with Crippen LogP contribution >= 0.6 is 0 Å². The van der Waals surface area contributed by atoms with E-state index in [2.05, 4.69) is 19.2 Å². The smallest absolute Gasteiger partial charge is 0.0704 e. The van der Waals surface area contributed by atoms with Gasteiger partial charge in [0, 0.05) is 26.9 Å². The van der Waals surface area contributed by atoms with Crippen LogP contribution in [0.1, 0.15) is 33.1 Å². The summed E-state index contributed by atoms with van der Waals surface area (Å²) < 4.78 is 16.2. The lowest BCUT2D eigenvalue weighted by molar-refractivity contribution is -0.00132. The molecule has 0 radical (unpaired) electrons. The molecule has 0 saturated carbocycles. The van der Waals surface area contributed by atoms with Gasteiger partial charge in [-0.3, -0.25) is 0 Å². The molecule has 4 heteroatoms. The SMILES string of the molecule is CCCC(CNCC)OCCOCCCOC. The molecule has 0 aliphatic rings. The average Bonchev–Trinajstić information content (AvgIpc) is 2.34. The number of ether oxygens (including phenoxy) is 3. The molecule has 1 N–H and O–H groups in total. The predicted molar refractivity (Wildman–Crippen MR) is 70.5 cm³/mol. The number of likely N-dealkylation sites (N-methyl/N-ethyl adjacent to an activating group) is 1. The van der Waals surface area contributed by atoms with Gasteiger partial charge in [0.15, 0.2) is 0 Å². The lowest BCUT2D eigenvalue weighted by Crippen LogP contribution is -2.30. The van der Waals surface area contributed by atoms with Crippen molar-refractivity contribution in [3.63, 3.8) is 0 Å². The van der Waals surface area contributed by atoms with Gasteiger partial charge >= 0.3 is 0 Å². The van der Waals surface area contributed by atoms with Gasteiger partial charge < -0.3 is 19.5 Å². The molecule has 4 nitrogen and oxygen atoms in total. The largest absolute Gasteiger partial charge is 0.385 e. The van der Waals surface area contributed by atoms with Crippen molar-refractivity contribution in [1.82, 2.24) is 5.32 Å². The predicted octanol–water partition coefficient (Wildman–Crippen LogP) is 1.83. The maximum Gasteiger partial charge on any atom is 0.0704 e. The molecule has 0 aliphatic carbocycles. The molecule has 0 fully saturated rings. The Morgan fingerprint density at radius 1 is 1.06 bits per heavy atom. The second-order valence-electron chi connectivity index (χ2n) is 4.05. The monoisotopic (exact) mass is 247 g/mol. The highest BCUT2D eigenvalue weighted by molar-refractivity contribution is 4.60. The highest BCUT2D eigenvalue weighted by atomic mass is 16.5. The second-order valence-corrected chi connectivity index (χ2v) is 4.05. The van der Waals surface area contributed by atoms with E-state index in [0.29, 0.717) is 19.3 Å². The molecule has 0 aromatic heterocycles. The molecule has 17 heavy (non-hydrogen) atoms. The van der Waals surface area contributed by atoms with E-state index < -0.39 is 0 Å². The zero-order valence-corrected chi connectivity index (χ0v) is 11.7. The van der Waals surface area contributed by atoms with Crippen molar-refractivity contribution < 1.29 is 14.2 Å². The van der Waals surface area contributed by atoms with Crippen LogP contribution in [0.15, 0.2) is 0 Å². The Labute approximate surface area is 106 Å². The Kier molecular flexibility index (Phi) is 13.8. The summed E-state index contributed by atoms with van der Waals surface area (Å²) >= 11 is 0. The third-order valence-corrected chi connectivity index (χ3v) is 2.45. The molecule has 0 aromatic rings. The van der Waals surface area contributed by atoms with E-state index in [1.807, 2.05) is 0 Å². The number of hydrogen-bond acceptors (Lipinski definition) is 4. The Balaban J connectivity index is 3.34. The average molecular weight is 247 g/mol. The number of hydrogen-bond donors (Lipinski definition) is 1. The summed E-state index contributed by atoms with van der Waals surface area (Å²) in [6, 6.07) is 0. The molecule has 0 rings (SSSR count). The minimum absolute atomic E-state index is 0.322. The topological polar surface area (TPSA) is 39.7 Å². The van der Waals surface area contributed by atoms with E-state index in [4.69, 9.17) is 14.2 Å². The Hall–Kier alpha value is -0.160. The van der Waals surface area contributed by atoms with E-state index >= 15 is 0 Å². The summed E-state index contributed by atoms with van der Waals surface area (Å²) in [5, 5.41) is 3.32. The Bertz CT molecular complexity index is 145. The molecule has 0 bridgehead atoms. The summed E-state index contributed by atoms with van der Waals surface area (Å²) in [6.07, 6.45) is 3.54. The molecule has 0 heterocycles. The van der Waals surface area contributed by atoms with Crippen LogP contribution in [0, 0.1) is 0 Å². The Morgan fingerprint density at radius 3 is 2.53 bits per heavy atom. The van der Waals surface area contributed by atoms with Crippen LogP contribution in [0.5, 0.6) is 0 Å². The highest BCUT2D eigenvalue weighted by Crippen LogP contribution is 2.01. The second kappa shape index (κ2) is 13.9. The number of nitrogens with one attached hydrogen (secondary N) is 1. The zero-order chi connectivity index (χ0) is 12.8. The maximum absolute atomic E-state index is 5.77. The van der Waals surface area contributed by atoms with Crippen LogP contribution in [0.2, 0.25) is 0 Å². The lowest BCUT2D eigenvalue weighted by Gasteiger charge is -2.17. The van der Waals surface area contributed by atoms with Crippen molar-refractivity contribution in [2.24, 2.45) is 0 Å². The standard InChI is InChI=1S/C13H29NO3/c1-4-7-13(12-14-5-2)17-11-10-16-9-6-8-15-3/h13-14H,4-12H2,1-3H3. The highest BCUT2D eigenvalue weighted by Gasteiger charge is 2.06. The molecule has 1 atom stereocenters. The van der Waals surface area contributed by atoms with Crippen LogP contribution in [-0.4, -0.2) is 52.7 Å². The third kappa shape index (κ3) is 12.1. The first kappa shape index (κ1) is 16.8. The fourth-order valence-electron chi connectivity index (χ4n) is 1.55. The summed E-state index contributed by atoms with van der Waals surface area (Å²) in [4.78, 5) is 0. The first-order valence-electron chi connectivity index (χ1n) is 6.74. The summed E-state index contributed by atoms with van der Waals surface area (Å²) in [7, 11) is 1.71. The van der Waals surface area contributed by atoms with Crippen LogP contribution in [0.4, 0.5) is 0 Å². The quantitative estimate of drug-likeness (QED) is 0.504. The van der Waals surface area contributed by atoms with Gasteiger partial charge in [0.1, 0.15) is 0 Å². The first-order chi connectivity index (χ1) is 8.35. The van der Waals surface area contributed by atoms with Gasteiger partial charge in [-0.05, 0) is 19.4 Å². The molecule has 0 amide bonds. The summed E-state index contributed by atoms with van der Waals surface area (Å²) in [6.45, 7) is 9.11. The molecular formula is C13H29NO3. The van der Waals surface area contributed by atoms with Gasteiger partial charge in [-0.2, -0.15) is 0 Å². The van der Waals surface area contributed by atoms with Gasteiger partial charge in [0.2, 0.25) is 0 Å². The van der Waals surface area contributed by atoms with Gasteiger partial charge in [-0.25, -0.2) is 0 Å². The molecular weight excluding hydrogens is 218 g/mol. The van der Waals surface area contributed by atoms with E-state index in [9.17, 15) is 0 Å². The lowest BCUT2D eigenvalue weighted by atomic mass is 10.2. The zero-order valence-electron chi connectivity index (χ0n) is 11.7. The number of methoxy groups -OCH3 is 1. The van der Waals surface area contributed by atoms with Crippen LogP contribution < -0.4 is 5.32 Å². The molecule has 1 unspecified atom stereocenters. The van der Waals surface area contributed by atoms with E-state index in [-0.39, 0.29) is 0 Å². The number of rotatable bonds is 13. The fourth-order valence-corrected chi connectivity index (χ4v) is 1.55. The normalized spacial score (nSPS) is 12.9. The minimum atomic E-state index is 0.322. The van der Waals surface area contributed by atoms with Crippen molar-refractivity contribution in [2.75, 3.05) is 46.6 Å². The summed E-state index contributed by atoms with van der Waals surface area (Å²) in [5.41, 5.74) is 0. The van der Waals surface area contributed by atoms with E-state index in [1.54, 1.807) is 7.11 Å². The van der Waals surface area contributed by atoms with Gasteiger partial charge in [0.25, 0.3) is 0 Å². The van der Waals surface area contributed by atoms with Crippen molar-refractivity contribution >= 4 is 0 Å². The molecule has 104 valence electrons. The van der Waals surface area contributed by atoms with Crippen molar-refractivity contribution in [1.29, 1.82) is 0 Å². The first-order valence-corrected chi connectivity index (χ1v) is 6.74. The van der Waals surface area contributed by atoms with E-state index in [1.165, 1.54) is 0 Å². The van der Waals surface area contributed by atoms with Crippen LogP contribution in [0.3, 0.4) is 0 Å². The summed E-state index contributed by atoms with van der Waals surface area (Å²) in [5.74, 6) is 0. The Morgan fingerprint density at radius 2 is 1.88 bits per heavy atom. The van der Waals surface area contributed by atoms with E-state index in [0.717, 1.165) is 45.6 Å². The van der Waals surface area contributed by atoms with Gasteiger partial charge in [-0.1, -0.05) is 20.3 Å². The third-order valence-electron chi connectivity index (χ3n) is 2.45. The van der Waals surface area contributed by atoms with Gasteiger partial charge in [-0.15, -0.1) is 0 Å². The fraction of sp³-hybridized carbons (Fsp3) is 1.00. The molecule has 0 spiro atoms. The molecule has 0 saturated heterocycles. The molecule has 0 aromatic carbocycles. The van der Waals surface area contributed by atoms with Crippen molar-refractivity contribution in [2.45, 2.75) is 39.2 Å². The van der Waals surface area contributed by atoms with Crippen molar-refractivity contribution in [3.8, 4) is 0 Å². The maximum atomic E-state index is 5.77. The minimum Gasteiger partial charge on any atom is -0.385 e. The van der Waals surface area contributed by atoms with Gasteiger partial charge in [0.05, 0.1) is 19.3 Å².